The molecule has 2 rings (SSSR count). The maximum absolute atomic E-state index is 12.5. The molecule has 4 N–H and O–H groups in total. The lowest BCUT2D eigenvalue weighted by molar-refractivity contribution is -0.118. The Morgan fingerprint density at radius 1 is 1.22 bits per heavy atom. The molecule has 0 radical (unpaired) electrons. The molecule has 1 saturated carbocycles. The molecule has 1 aliphatic rings. The minimum absolute atomic E-state index is 0.126. The average molecular weight is 321 g/mol. The molecule has 1 aliphatic carbocycles. The summed E-state index contributed by atoms with van der Waals surface area (Å²) in [5, 5.41) is 10.1. The molecule has 1 aromatic heterocycles. The predicted molar refractivity (Wildman–Crippen MR) is 89.2 cm³/mol. The Morgan fingerprint density at radius 3 is 2.17 bits per heavy atom. The lowest BCUT2D eigenvalue weighted by Crippen LogP contribution is -2.48. The Kier molecular flexibility index (Phi) is 3.95. The number of anilines is 1. The molecular weight excluding hydrogens is 294 g/mol. The van der Waals surface area contributed by atoms with Gasteiger partial charge in [-0.05, 0) is 33.6 Å². The Bertz CT molecular complexity index is 630. The van der Waals surface area contributed by atoms with E-state index in [1.165, 1.54) is 0 Å². The predicted octanol–water partition coefficient (Wildman–Crippen LogP) is 2.07. The first-order chi connectivity index (χ1) is 10.3. The van der Waals surface area contributed by atoms with Crippen molar-refractivity contribution in [3.05, 3.63) is 11.8 Å². The average Bonchev–Trinajstić information content (AvgIpc) is 2.97. The summed E-state index contributed by atoms with van der Waals surface area (Å²) in [5.74, 6) is 0.382. The lowest BCUT2D eigenvalue weighted by atomic mass is 9.92. The summed E-state index contributed by atoms with van der Waals surface area (Å²) in [6.45, 7) is 12.3. The van der Waals surface area contributed by atoms with Crippen LogP contribution in [0, 0.1) is 0 Å². The first-order valence-electron chi connectivity index (χ1n) is 7.85. The van der Waals surface area contributed by atoms with Crippen LogP contribution in [-0.2, 0) is 15.7 Å². The van der Waals surface area contributed by atoms with Crippen molar-refractivity contribution >= 4 is 17.8 Å². The first-order valence-corrected chi connectivity index (χ1v) is 7.85. The van der Waals surface area contributed by atoms with Gasteiger partial charge in [0.1, 0.15) is 11.4 Å². The van der Waals surface area contributed by atoms with Crippen molar-refractivity contribution in [1.29, 1.82) is 0 Å². The quantitative estimate of drug-likeness (QED) is 0.794. The smallest absolute Gasteiger partial charge is 0.313 e. The summed E-state index contributed by atoms with van der Waals surface area (Å²) in [7, 11) is 0. The molecule has 23 heavy (non-hydrogen) atoms. The van der Waals surface area contributed by atoms with Gasteiger partial charge in [-0.15, -0.1) is 0 Å². The third kappa shape index (κ3) is 3.65. The van der Waals surface area contributed by atoms with Gasteiger partial charge in [0.2, 0.25) is 0 Å². The summed E-state index contributed by atoms with van der Waals surface area (Å²) in [5.41, 5.74) is 4.78. The highest BCUT2D eigenvalue weighted by Crippen LogP contribution is 2.37. The van der Waals surface area contributed by atoms with Crippen molar-refractivity contribution in [3.63, 3.8) is 0 Å². The monoisotopic (exact) mass is 321 g/mol. The van der Waals surface area contributed by atoms with E-state index in [1.807, 2.05) is 31.5 Å². The van der Waals surface area contributed by atoms with E-state index in [0.717, 1.165) is 5.69 Å². The highest BCUT2D eigenvalue weighted by molar-refractivity contribution is 6.02. The number of aromatic nitrogens is 2. The minimum Gasteiger partial charge on any atom is -0.352 e. The number of nitrogens with zero attached hydrogens (tertiary/aromatic N) is 2. The van der Waals surface area contributed by atoms with Crippen LogP contribution in [0.15, 0.2) is 6.07 Å². The zero-order valence-electron chi connectivity index (χ0n) is 14.8. The number of rotatable bonds is 3. The van der Waals surface area contributed by atoms with Crippen molar-refractivity contribution in [1.82, 2.24) is 15.1 Å². The number of primary amides is 1. The van der Waals surface area contributed by atoms with Gasteiger partial charge in [0.05, 0.1) is 11.2 Å². The van der Waals surface area contributed by atoms with Crippen molar-refractivity contribution < 1.29 is 9.59 Å². The van der Waals surface area contributed by atoms with Crippen LogP contribution in [0.4, 0.5) is 10.6 Å². The molecule has 128 valence electrons. The van der Waals surface area contributed by atoms with E-state index in [4.69, 9.17) is 5.73 Å². The second kappa shape index (κ2) is 5.25. The SMILES string of the molecule is CC(C)(C)c1cc(NC(=O)C2(NC(N)=O)CC2)n(C(C)(C)C)n1. The third-order valence-electron chi connectivity index (χ3n) is 3.90. The molecule has 7 nitrogen and oxygen atoms in total. The molecule has 0 aromatic carbocycles. The molecule has 1 heterocycles. The van der Waals surface area contributed by atoms with E-state index < -0.39 is 11.6 Å². The molecule has 0 aliphatic heterocycles. The van der Waals surface area contributed by atoms with Gasteiger partial charge in [-0.25, -0.2) is 9.48 Å². The molecule has 7 heteroatoms. The Labute approximate surface area is 137 Å². The molecule has 0 unspecified atom stereocenters. The summed E-state index contributed by atoms with van der Waals surface area (Å²) in [6.07, 6.45) is 1.19. The van der Waals surface area contributed by atoms with Gasteiger partial charge in [0.25, 0.3) is 5.91 Å². The topological polar surface area (TPSA) is 102 Å². The van der Waals surface area contributed by atoms with Crippen molar-refractivity contribution in [3.8, 4) is 0 Å². The summed E-state index contributed by atoms with van der Waals surface area (Å²) >= 11 is 0. The number of urea groups is 1. The second-order valence-electron chi connectivity index (χ2n) is 8.27. The van der Waals surface area contributed by atoms with Crippen LogP contribution in [0.3, 0.4) is 0 Å². The summed E-state index contributed by atoms with van der Waals surface area (Å²) in [6, 6.07) is 1.21. The fraction of sp³-hybridized carbons (Fsp3) is 0.688. The van der Waals surface area contributed by atoms with E-state index in [-0.39, 0.29) is 16.9 Å². The van der Waals surface area contributed by atoms with Crippen LogP contribution >= 0.6 is 0 Å². The number of carbonyl (C=O) groups is 2. The van der Waals surface area contributed by atoms with Crippen LogP contribution in [0.1, 0.15) is 60.1 Å². The Hall–Kier alpha value is -2.05. The van der Waals surface area contributed by atoms with Gasteiger partial charge in [-0.1, -0.05) is 20.8 Å². The molecule has 0 bridgehead atoms. The first kappa shape index (κ1) is 17.3. The van der Waals surface area contributed by atoms with Gasteiger partial charge < -0.3 is 16.4 Å². The van der Waals surface area contributed by atoms with Crippen molar-refractivity contribution in [2.75, 3.05) is 5.32 Å². The zero-order valence-corrected chi connectivity index (χ0v) is 14.8. The van der Waals surface area contributed by atoms with E-state index in [9.17, 15) is 9.59 Å². The van der Waals surface area contributed by atoms with Gasteiger partial charge >= 0.3 is 6.03 Å². The number of nitrogens with two attached hydrogens (primary N) is 1. The highest BCUT2D eigenvalue weighted by atomic mass is 16.2. The standard InChI is InChI=1S/C16H27N5O2/c1-14(2,3)10-9-11(21(20-10)15(4,5)6)18-12(22)16(7-8-16)19-13(17)23/h9H,7-8H2,1-6H3,(H,18,22)(H3,17,19,23). The molecule has 3 amide bonds. The number of amides is 3. The lowest BCUT2D eigenvalue weighted by Gasteiger charge is -2.24. The maximum atomic E-state index is 12.5. The fourth-order valence-corrected chi connectivity index (χ4v) is 2.35. The third-order valence-corrected chi connectivity index (χ3v) is 3.90. The molecule has 0 atom stereocenters. The Morgan fingerprint density at radius 2 is 1.78 bits per heavy atom. The molecule has 1 fully saturated rings. The number of hydrogen-bond donors (Lipinski definition) is 3. The van der Waals surface area contributed by atoms with Gasteiger partial charge in [0.15, 0.2) is 0 Å². The fourth-order valence-electron chi connectivity index (χ4n) is 2.35. The van der Waals surface area contributed by atoms with Crippen LogP contribution in [0.25, 0.3) is 0 Å². The maximum Gasteiger partial charge on any atom is 0.313 e. The highest BCUT2D eigenvalue weighted by Gasteiger charge is 2.51. The van der Waals surface area contributed by atoms with Crippen LogP contribution < -0.4 is 16.4 Å². The van der Waals surface area contributed by atoms with E-state index in [0.29, 0.717) is 18.7 Å². The van der Waals surface area contributed by atoms with Gasteiger partial charge in [-0.2, -0.15) is 5.10 Å². The van der Waals surface area contributed by atoms with Gasteiger partial charge in [-0.3, -0.25) is 4.79 Å². The largest absolute Gasteiger partial charge is 0.352 e. The van der Waals surface area contributed by atoms with E-state index in [1.54, 1.807) is 0 Å². The normalized spacial score (nSPS) is 16.8. The minimum atomic E-state index is -0.874. The van der Waals surface area contributed by atoms with Crippen LogP contribution in [0.2, 0.25) is 0 Å². The molecule has 0 saturated heterocycles. The summed E-state index contributed by atoms with van der Waals surface area (Å²) in [4.78, 5) is 23.6. The number of hydrogen-bond acceptors (Lipinski definition) is 3. The number of nitrogens with one attached hydrogen (secondary N) is 2. The van der Waals surface area contributed by atoms with Crippen molar-refractivity contribution in [2.24, 2.45) is 5.73 Å². The van der Waals surface area contributed by atoms with Crippen LogP contribution in [-0.4, -0.2) is 27.3 Å². The van der Waals surface area contributed by atoms with Gasteiger partial charge in [0, 0.05) is 11.5 Å². The number of carbonyl (C=O) groups excluding carboxylic acids is 2. The van der Waals surface area contributed by atoms with E-state index >= 15 is 0 Å². The van der Waals surface area contributed by atoms with E-state index in [2.05, 4.69) is 36.5 Å². The van der Waals surface area contributed by atoms with Crippen LogP contribution in [0.5, 0.6) is 0 Å². The zero-order chi connectivity index (χ0) is 17.6. The van der Waals surface area contributed by atoms with Crippen molar-refractivity contribution in [2.45, 2.75) is 70.9 Å². The molecule has 0 spiro atoms. The second-order valence-corrected chi connectivity index (χ2v) is 8.27. The Balaban J connectivity index is 2.30. The molecule has 1 aromatic rings. The summed E-state index contributed by atoms with van der Waals surface area (Å²) < 4.78 is 1.81. The molecular formula is C16H27N5O2.